The molecule has 2 amide bonds. The van der Waals surface area contributed by atoms with Crippen molar-refractivity contribution in [1.29, 1.82) is 5.41 Å². The predicted octanol–water partition coefficient (Wildman–Crippen LogP) is 3.89. The van der Waals surface area contributed by atoms with Crippen molar-refractivity contribution in [3.63, 3.8) is 0 Å². The number of carbonyl (C=O) groups is 2. The molecule has 1 rings (SSSR count). The van der Waals surface area contributed by atoms with Crippen molar-refractivity contribution in [3.8, 4) is 0 Å². The first kappa shape index (κ1) is 19.5. The number of nitrogens with one attached hydrogen (secondary N) is 2. The molecule has 0 saturated heterocycles. The predicted molar refractivity (Wildman–Crippen MR) is 92.3 cm³/mol. The molecule has 1 aromatic carbocycles. The zero-order valence-corrected chi connectivity index (χ0v) is 15.0. The molecular weight excluding hydrogens is 310 g/mol. The number of carbonyl (C=O) groups excluding carboxylic acids is 2. The van der Waals surface area contributed by atoms with Gasteiger partial charge in [0.2, 0.25) is 5.96 Å². The van der Waals surface area contributed by atoms with Gasteiger partial charge in [-0.2, -0.15) is 0 Å². The van der Waals surface area contributed by atoms with Crippen molar-refractivity contribution in [2.24, 2.45) is 0 Å². The zero-order valence-electron chi connectivity index (χ0n) is 15.0. The molecule has 0 fully saturated rings. The molecule has 0 aliphatic heterocycles. The van der Waals surface area contributed by atoms with Crippen LogP contribution in [0.4, 0.5) is 15.3 Å². The minimum atomic E-state index is -0.822. The van der Waals surface area contributed by atoms with Gasteiger partial charge in [-0.05, 0) is 53.7 Å². The van der Waals surface area contributed by atoms with Gasteiger partial charge in [0.25, 0.3) is 0 Å². The number of hydrogen-bond acceptors (Lipinski definition) is 5. The molecule has 24 heavy (non-hydrogen) atoms. The van der Waals surface area contributed by atoms with Crippen LogP contribution in [0.5, 0.6) is 0 Å². The summed E-state index contributed by atoms with van der Waals surface area (Å²) in [4.78, 5) is 25.3. The molecule has 0 aliphatic carbocycles. The van der Waals surface area contributed by atoms with Crippen LogP contribution >= 0.6 is 0 Å². The number of ether oxygens (including phenoxy) is 2. The number of nitrogens with zero attached hydrogens (tertiary/aromatic N) is 1. The lowest BCUT2D eigenvalue weighted by Crippen LogP contribution is -2.49. The monoisotopic (exact) mass is 335 g/mol. The van der Waals surface area contributed by atoms with Gasteiger partial charge in [-0.15, -0.1) is 0 Å². The number of rotatable bonds is 1. The number of alkyl carbamates (subject to hydrolysis) is 1. The minimum absolute atomic E-state index is 0.396. The fourth-order valence-corrected chi connectivity index (χ4v) is 1.67. The summed E-state index contributed by atoms with van der Waals surface area (Å²) >= 11 is 0. The first-order valence-corrected chi connectivity index (χ1v) is 7.56. The highest BCUT2D eigenvalue weighted by atomic mass is 16.6. The van der Waals surface area contributed by atoms with E-state index in [1.165, 1.54) is 0 Å². The second kappa shape index (κ2) is 7.33. The van der Waals surface area contributed by atoms with Crippen LogP contribution in [0.15, 0.2) is 30.3 Å². The van der Waals surface area contributed by atoms with E-state index in [2.05, 4.69) is 5.32 Å². The Hall–Kier alpha value is -2.57. The molecule has 0 unspecified atom stereocenters. The Morgan fingerprint density at radius 1 is 0.958 bits per heavy atom. The van der Waals surface area contributed by atoms with Crippen LogP contribution in [-0.2, 0) is 9.47 Å². The van der Waals surface area contributed by atoms with E-state index in [-0.39, 0.29) is 0 Å². The van der Waals surface area contributed by atoms with Crippen molar-refractivity contribution in [2.45, 2.75) is 52.7 Å². The third-order valence-corrected chi connectivity index (χ3v) is 2.43. The van der Waals surface area contributed by atoms with Crippen molar-refractivity contribution >= 4 is 23.8 Å². The van der Waals surface area contributed by atoms with E-state index in [1.807, 2.05) is 0 Å². The molecule has 1 aromatic rings. The SMILES string of the molecule is CC(C)(C)OC(=O)NC(=N)N(C(=O)OC(C)(C)C)c1ccccc1. The number of guanidine groups is 1. The summed E-state index contributed by atoms with van der Waals surface area (Å²) in [5, 5.41) is 10.3. The average Bonchev–Trinajstić information content (AvgIpc) is 2.35. The molecule has 7 nitrogen and oxygen atoms in total. The van der Waals surface area contributed by atoms with E-state index < -0.39 is 29.3 Å². The van der Waals surface area contributed by atoms with Crippen LogP contribution in [0.25, 0.3) is 0 Å². The summed E-state index contributed by atoms with van der Waals surface area (Å²) < 4.78 is 10.4. The van der Waals surface area contributed by atoms with Crippen LogP contribution in [0, 0.1) is 5.41 Å². The minimum Gasteiger partial charge on any atom is -0.444 e. The van der Waals surface area contributed by atoms with Gasteiger partial charge in [0.15, 0.2) is 0 Å². The standard InChI is InChI=1S/C17H25N3O4/c1-16(2,3)23-14(21)19-13(18)20(12-10-8-7-9-11-12)15(22)24-17(4,5)6/h7-11H,1-6H3,(H2,18,19,21). The summed E-state index contributed by atoms with van der Waals surface area (Å²) in [6.07, 6.45) is -1.59. The van der Waals surface area contributed by atoms with Crippen LogP contribution < -0.4 is 10.2 Å². The summed E-state index contributed by atoms with van der Waals surface area (Å²) in [6, 6.07) is 8.48. The van der Waals surface area contributed by atoms with Crippen LogP contribution in [-0.4, -0.2) is 29.3 Å². The lowest BCUT2D eigenvalue weighted by Gasteiger charge is -2.28. The van der Waals surface area contributed by atoms with Crippen LogP contribution in [0.2, 0.25) is 0 Å². The van der Waals surface area contributed by atoms with Crippen molar-refractivity contribution in [3.05, 3.63) is 30.3 Å². The number of para-hydroxylation sites is 1. The van der Waals surface area contributed by atoms with Gasteiger partial charge in [-0.1, -0.05) is 18.2 Å². The molecule has 0 atom stereocenters. The quantitative estimate of drug-likeness (QED) is 0.601. The van der Waals surface area contributed by atoms with Gasteiger partial charge in [0.1, 0.15) is 11.2 Å². The summed E-state index contributed by atoms with van der Waals surface area (Å²) in [5.74, 6) is -0.454. The first-order chi connectivity index (χ1) is 10.9. The number of hydrogen-bond donors (Lipinski definition) is 2. The molecule has 0 bridgehead atoms. The molecule has 7 heteroatoms. The molecule has 0 aromatic heterocycles. The van der Waals surface area contributed by atoms with Gasteiger partial charge < -0.3 is 9.47 Å². The van der Waals surface area contributed by atoms with Gasteiger partial charge in [0.05, 0.1) is 5.69 Å². The molecule has 0 aliphatic rings. The summed E-state index contributed by atoms with van der Waals surface area (Å²) in [7, 11) is 0. The van der Waals surface area contributed by atoms with E-state index >= 15 is 0 Å². The third-order valence-electron chi connectivity index (χ3n) is 2.43. The van der Waals surface area contributed by atoms with Crippen LogP contribution in [0.3, 0.4) is 0 Å². The Morgan fingerprint density at radius 2 is 1.46 bits per heavy atom. The van der Waals surface area contributed by atoms with Gasteiger partial charge >= 0.3 is 12.2 Å². The highest BCUT2D eigenvalue weighted by molar-refractivity contribution is 6.15. The third kappa shape index (κ3) is 6.68. The van der Waals surface area contributed by atoms with E-state index in [4.69, 9.17) is 14.9 Å². The maximum absolute atomic E-state index is 12.4. The first-order valence-electron chi connectivity index (χ1n) is 7.56. The molecule has 0 heterocycles. The average molecular weight is 335 g/mol. The lowest BCUT2D eigenvalue weighted by atomic mass is 10.2. The maximum Gasteiger partial charge on any atom is 0.421 e. The number of anilines is 1. The van der Waals surface area contributed by atoms with Crippen LogP contribution in [0.1, 0.15) is 41.5 Å². The second-order valence-corrected chi connectivity index (χ2v) is 7.13. The molecule has 132 valence electrons. The van der Waals surface area contributed by atoms with E-state index in [0.717, 1.165) is 4.90 Å². The smallest absolute Gasteiger partial charge is 0.421 e. The van der Waals surface area contributed by atoms with Gasteiger partial charge in [-0.3, -0.25) is 10.7 Å². The Balaban J connectivity index is 2.99. The topological polar surface area (TPSA) is 91.7 Å². The van der Waals surface area contributed by atoms with E-state index in [0.29, 0.717) is 5.69 Å². The molecule has 0 radical (unpaired) electrons. The van der Waals surface area contributed by atoms with Gasteiger partial charge in [-0.25, -0.2) is 14.5 Å². The molecular formula is C17H25N3O4. The Labute approximate surface area is 142 Å². The Morgan fingerprint density at radius 3 is 1.92 bits per heavy atom. The Kier molecular flexibility index (Phi) is 5.95. The van der Waals surface area contributed by atoms with Crippen molar-refractivity contribution in [1.82, 2.24) is 5.32 Å². The van der Waals surface area contributed by atoms with E-state index in [9.17, 15) is 9.59 Å². The summed E-state index contributed by atoms with van der Waals surface area (Å²) in [6.45, 7) is 10.3. The lowest BCUT2D eigenvalue weighted by molar-refractivity contribution is 0.0559. The maximum atomic E-state index is 12.4. The van der Waals surface area contributed by atoms with E-state index in [1.54, 1.807) is 71.9 Å². The Bertz CT molecular complexity index is 601. The normalized spacial score (nSPS) is 11.4. The summed E-state index contributed by atoms with van der Waals surface area (Å²) in [5.41, 5.74) is -1.06. The second-order valence-electron chi connectivity index (χ2n) is 7.13. The molecule has 2 N–H and O–H groups in total. The molecule has 0 saturated carbocycles. The van der Waals surface area contributed by atoms with Crippen molar-refractivity contribution in [2.75, 3.05) is 4.90 Å². The zero-order chi connectivity index (χ0) is 18.5. The molecule has 0 spiro atoms. The van der Waals surface area contributed by atoms with Gasteiger partial charge in [0, 0.05) is 0 Å². The highest BCUT2D eigenvalue weighted by Gasteiger charge is 2.28. The number of amides is 2. The fraction of sp³-hybridized carbons (Fsp3) is 0.471. The largest absolute Gasteiger partial charge is 0.444 e. The number of benzene rings is 1. The highest BCUT2D eigenvalue weighted by Crippen LogP contribution is 2.18. The fourth-order valence-electron chi connectivity index (χ4n) is 1.67. The van der Waals surface area contributed by atoms with Crippen molar-refractivity contribution < 1.29 is 19.1 Å².